The van der Waals surface area contributed by atoms with Crippen molar-refractivity contribution in [3.63, 3.8) is 0 Å². The Morgan fingerprint density at radius 2 is 1.19 bits per heavy atom. The molecule has 0 aromatic heterocycles. The van der Waals surface area contributed by atoms with Gasteiger partial charge in [-0.3, -0.25) is 0 Å². The van der Waals surface area contributed by atoms with Gasteiger partial charge in [-0.15, -0.1) is 0 Å². The van der Waals surface area contributed by atoms with E-state index in [1.165, 1.54) is 25.7 Å². The molecule has 2 fully saturated rings. The largest absolute Gasteiger partial charge is 0.384 e. The summed E-state index contributed by atoms with van der Waals surface area (Å²) in [6.07, 6.45) is 11.3. The molecule has 0 aliphatic heterocycles. The van der Waals surface area contributed by atoms with Crippen molar-refractivity contribution in [1.29, 1.82) is 0 Å². The van der Waals surface area contributed by atoms with Crippen LogP contribution in [-0.4, -0.2) is 13.7 Å². The predicted octanol–water partition coefficient (Wildman–Crippen LogP) is 8.63. The number of methoxy groups -OCH3 is 1. The van der Waals surface area contributed by atoms with Crippen molar-refractivity contribution >= 4 is 0 Å². The summed E-state index contributed by atoms with van der Waals surface area (Å²) in [5.74, 6) is 1.72. The molecule has 174 valence electrons. The summed E-state index contributed by atoms with van der Waals surface area (Å²) in [5, 5.41) is 0. The molecular weight excluding hydrogens is 402 g/mol. The molecule has 0 unspecified atom stereocenters. The molecule has 0 atom stereocenters. The first-order valence-electron chi connectivity index (χ1n) is 12.7. The molecule has 2 aromatic carbocycles. The zero-order valence-electron chi connectivity index (χ0n) is 19.7. The summed E-state index contributed by atoms with van der Waals surface area (Å²) >= 11 is 0. The van der Waals surface area contributed by atoms with Crippen molar-refractivity contribution in [1.82, 2.24) is 0 Å². The molecule has 2 saturated carbocycles. The maximum absolute atomic E-state index is 15.0. The highest BCUT2D eigenvalue weighted by Crippen LogP contribution is 2.40. The van der Waals surface area contributed by atoms with E-state index in [-0.39, 0.29) is 17.6 Å². The molecule has 0 saturated heterocycles. The van der Waals surface area contributed by atoms with Gasteiger partial charge in [-0.25, -0.2) is 8.78 Å². The molecule has 0 spiro atoms. The summed E-state index contributed by atoms with van der Waals surface area (Å²) in [7, 11) is 1.75. The predicted molar refractivity (Wildman–Crippen MR) is 128 cm³/mol. The molecule has 0 N–H and O–H groups in total. The van der Waals surface area contributed by atoms with Crippen LogP contribution in [0.1, 0.15) is 94.1 Å². The first-order valence-corrected chi connectivity index (χ1v) is 12.7. The summed E-state index contributed by atoms with van der Waals surface area (Å²) in [6, 6.07) is 11.0. The topological polar surface area (TPSA) is 9.23 Å². The smallest absolute Gasteiger partial charge is 0.127 e. The number of rotatable bonds is 7. The molecule has 2 aliphatic rings. The minimum atomic E-state index is -0.156. The molecule has 0 heterocycles. The van der Waals surface area contributed by atoms with Crippen LogP contribution in [0, 0.1) is 23.5 Å². The highest BCUT2D eigenvalue weighted by molar-refractivity contribution is 5.64. The summed E-state index contributed by atoms with van der Waals surface area (Å²) in [6.45, 7) is 3.04. The average Bonchev–Trinajstić information content (AvgIpc) is 2.81. The molecule has 4 rings (SSSR count). The van der Waals surface area contributed by atoms with Crippen LogP contribution in [-0.2, 0) is 4.74 Å². The standard InChI is InChI=1S/C29H38F2O/c1-3-4-20-5-9-22(10-6-20)26-15-13-24(17-28(26)30)25-14-16-27(29(31)18-25)23-11-7-21(8-12-23)19-32-2/h13-18,20-23H,3-12,19H2,1-2H3. The average molecular weight is 441 g/mol. The van der Waals surface area contributed by atoms with Crippen LogP contribution in [0.5, 0.6) is 0 Å². The van der Waals surface area contributed by atoms with Crippen molar-refractivity contribution in [2.24, 2.45) is 11.8 Å². The third-order valence-corrected chi connectivity index (χ3v) is 8.01. The fourth-order valence-electron chi connectivity index (χ4n) is 6.12. The second kappa shape index (κ2) is 10.9. The molecule has 0 radical (unpaired) electrons. The van der Waals surface area contributed by atoms with Gasteiger partial charge in [-0.1, -0.05) is 44.0 Å². The number of benzene rings is 2. The molecule has 0 bridgehead atoms. The molecule has 32 heavy (non-hydrogen) atoms. The van der Waals surface area contributed by atoms with Crippen molar-refractivity contribution < 1.29 is 13.5 Å². The van der Waals surface area contributed by atoms with E-state index in [1.807, 2.05) is 24.3 Å². The van der Waals surface area contributed by atoms with Crippen LogP contribution in [0.4, 0.5) is 8.78 Å². The van der Waals surface area contributed by atoms with Gasteiger partial charge in [0.05, 0.1) is 0 Å². The second-order valence-corrected chi connectivity index (χ2v) is 10.2. The van der Waals surface area contributed by atoms with Gasteiger partial charge < -0.3 is 4.74 Å². The van der Waals surface area contributed by atoms with Crippen molar-refractivity contribution in [2.45, 2.75) is 83.0 Å². The van der Waals surface area contributed by atoms with Crippen LogP contribution in [0.25, 0.3) is 11.1 Å². The maximum atomic E-state index is 15.0. The van der Waals surface area contributed by atoms with Gasteiger partial charge in [-0.05, 0) is 109 Å². The molecule has 0 amide bonds. The minimum absolute atomic E-state index is 0.137. The lowest BCUT2D eigenvalue weighted by molar-refractivity contribution is 0.127. The Morgan fingerprint density at radius 1 is 0.719 bits per heavy atom. The number of ether oxygens (including phenoxy) is 1. The lowest BCUT2D eigenvalue weighted by Crippen LogP contribution is -2.17. The van der Waals surface area contributed by atoms with Crippen LogP contribution in [0.3, 0.4) is 0 Å². The fourth-order valence-corrected chi connectivity index (χ4v) is 6.12. The summed E-state index contributed by atoms with van der Waals surface area (Å²) < 4.78 is 35.3. The van der Waals surface area contributed by atoms with Gasteiger partial charge in [0.25, 0.3) is 0 Å². The Morgan fingerprint density at radius 3 is 1.59 bits per heavy atom. The monoisotopic (exact) mass is 440 g/mol. The minimum Gasteiger partial charge on any atom is -0.384 e. The van der Waals surface area contributed by atoms with E-state index < -0.39 is 0 Å². The highest BCUT2D eigenvalue weighted by atomic mass is 19.1. The van der Waals surface area contributed by atoms with Gasteiger partial charge in [0.1, 0.15) is 11.6 Å². The van der Waals surface area contributed by atoms with E-state index in [9.17, 15) is 0 Å². The Bertz CT molecular complexity index is 803. The summed E-state index contributed by atoms with van der Waals surface area (Å²) in [5.41, 5.74) is 3.18. The lowest BCUT2D eigenvalue weighted by Gasteiger charge is -2.29. The molecule has 3 heteroatoms. The highest BCUT2D eigenvalue weighted by Gasteiger charge is 2.26. The van der Waals surface area contributed by atoms with Crippen molar-refractivity contribution in [2.75, 3.05) is 13.7 Å². The molecule has 2 aliphatic carbocycles. The normalized spacial score (nSPS) is 26.2. The van der Waals surface area contributed by atoms with Gasteiger partial charge in [0.15, 0.2) is 0 Å². The number of hydrogen-bond donors (Lipinski definition) is 0. The Kier molecular flexibility index (Phi) is 7.99. The van der Waals surface area contributed by atoms with Crippen LogP contribution < -0.4 is 0 Å². The lowest BCUT2D eigenvalue weighted by atomic mass is 9.77. The molecular formula is C29H38F2O. The Labute approximate surface area is 192 Å². The van der Waals surface area contributed by atoms with Crippen molar-refractivity contribution in [3.05, 3.63) is 59.2 Å². The van der Waals surface area contributed by atoms with Gasteiger partial charge in [-0.2, -0.15) is 0 Å². The maximum Gasteiger partial charge on any atom is 0.127 e. The summed E-state index contributed by atoms with van der Waals surface area (Å²) in [4.78, 5) is 0. The third-order valence-electron chi connectivity index (χ3n) is 8.01. The quantitative estimate of drug-likeness (QED) is 0.419. The van der Waals surface area contributed by atoms with E-state index in [1.54, 1.807) is 19.2 Å². The van der Waals surface area contributed by atoms with E-state index in [2.05, 4.69) is 6.92 Å². The zero-order valence-corrected chi connectivity index (χ0v) is 19.7. The van der Waals surface area contributed by atoms with Gasteiger partial charge in [0.2, 0.25) is 0 Å². The third kappa shape index (κ3) is 5.42. The van der Waals surface area contributed by atoms with E-state index in [0.29, 0.717) is 11.8 Å². The van der Waals surface area contributed by atoms with E-state index in [0.717, 1.165) is 73.3 Å². The van der Waals surface area contributed by atoms with E-state index in [4.69, 9.17) is 4.74 Å². The Balaban J connectivity index is 1.43. The van der Waals surface area contributed by atoms with Gasteiger partial charge in [0, 0.05) is 13.7 Å². The van der Waals surface area contributed by atoms with Crippen LogP contribution in [0.2, 0.25) is 0 Å². The fraction of sp³-hybridized carbons (Fsp3) is 0.586. The van der Waals surface area contributed by atoms with Crippen LogP contribution >= 0.6 is 0 Å². The molecule has 1 nitrogen and oxygen atoms in total. The number of halogens is 2. The first-order chi connectivity index (χ1) is 15.6. The van der Waals surface area contributed by atoms with Crippen LogP contribution in [0.15, 0.2) is 36.4 Å². The first kappa shape index (κ1) is 23.4. The Hall–Kier alpha value is -1.74. The zero-order chi connectivity index (χ0) is 22.5. The number of hydrogen-bond acceptors (Lipinski definition) is 1. The molecule has 2 aromatic rings. The second-order valence-electron chi connectivity index (χ2n) is 10.2. The van der Waals surface area contributed by atoms with E-state index >= 15 is 8.78 Å². The van der Waals surface area contributed by atoms with Crippen molar-refractivity contribution in [3.8, 4) is 11.1 Å². The SMILES string of the molecule is CCCC1CCC(c2ccc(-c3ccc(C4CCC(COC)CC4)c(F)c3)cc2F)CC1. The van der Waals surface area contributed by atoms with Gasteiger partial charge >= 0.3 is 0 Å².